The number of halogens is 1. The average molecular weight is 331 g/mol. The van der Waals surface area contributed by atoms with Crippen molar-refractivity contribution in [3.05, 3.63) is 64.4 Å². The van der Waals surface area contributed by atoms with Gasteiger partial charge in [0.15, 0.2) is 0 Å². The molecule has 0 saturated heterocycles. The number of carbonyl (C=O) groups excluding carboxylic acids is 1. The van der Waals surface area contributed by atoms with Crippen molar-refractivity contribution in [3.8, 4) is 5.75 Å². The lowest BCUT2D eigenvalue weighted by molar-refractivity contribution is 0.0566. The fourth-order valence-electron chi connectivity index (χ4n) is 2.46. The Morgan fingerprint density at radius 1 is 1.22 bits per heavy atom. The lowest BCUT2D eigenvalue weighted by atomic mass is 10.1. The fourth-order valence-corrected chi connectivity index (χ4v) is 2.67. The van der Waals surface area contributed by atoms with Crippen LogP contribution in [0.3, 0.4) is 0 Å². The Labute approximate surface area is 138 Å². The van der Waals surface area contributed by atoms with E-state index in [-0.39, 0.29) is 5.76 Å². The van der Waals surface area contributed by atoms with E-state index in [2.05, 4.69) is 0 Å². The molecule has 0 radical (unpaired) electrons. The standard InChI is InChI=1S/C18H15ClO4/c1-11-16-14(22-10-12-5-3-6-13(19)9-12)7-4-8-15(16)23-17(11)18(20)21-2/h3-9H,10H2,1-2H3. The molecule has 2 aromatic carbocycles. The van der Waals surface area contributed by atoms with Crippen molar-refractivity contribution in [2.24, 2.45) is 0 Å². The van der Waals surface area contributed by atoms with Crippen LogP contribution >= 0.6 is 11.6 Å². The third kappa shape index (κ3) is 3.03. The molecule has 23 heavy (non-hydrogen) atoms. The number of fused-ring (bicyclic) bond motifs is 1. The van der Waals surface area contributed by atoms with Gasteiger partial charge in [-0.3, -0.25) is 0 Å². The van der Waals surface area contributed by atoms with Crippen molar-refractivity contribution < 1.29 is 18.7 Å². The maximum Gasteiger partial charge on any atom is 0.374 e. The first-order chi connectivity index (χ1) is 11.1. The van der Waals surface area contributed by atoms with E-state index in [1.807, 2.05) is 43.3 Å². The Morgan fingerprint density at radius 2 is 2.00 bits per heavy atom. The monoisotopic (exact) mass is 330 g/mol. The number of hydrogen-bond donors (Lipinski definition) is 0. The number of benzene rings is 2. The molecule has 3 aromatic rings. The van der Waals surface area contributed by atoms with Gasteiger partial charge in [0.1, 0.15) is 17.9 Å². The average Bonchev–Trinajstić information content (AvgIpc) is 2.90. The molecule has 118 valence electrons. The summed E-state index contributed by atoms with van der Waals surface area (Å²) in [6.45, 7) is 2.18. The highest BCUT2D eigenvalue weighted by atomic mass is 35.5. The Bertz CT molecular complexity index is 867. The molecule has 3 rings (SSSR count). The summed E-state index contributed by atoms with van der Waals surface area (Å²) >= 11 is 5.98. The van der Waals surface area contributed by atoms with E-state index >= 15 is 0 Å². The van der Waals surface area contributed by atoms with Gasteiger partial charge in [0.25, 0.3) is 0 Å². The van der Waals surface area contributed by atoms with Gasteiger partial charge in [-0.2, -0.15) is 0 Å². The van der Waals surface area contributed by atoms with Crippen LogP contribution in [0.1, 0.15) is 21.7 Å². The SMILES string of the molecule is COC(=O)c1oc2cccc(OCc3cccc(Cl)c3)c2c1C. The Balaban J connectivity index is 1.94. The summed E-state index contributed by atoms with van der Waals surface area (Å²) in [6.07, 6.45) is 0. The highest BCUT2D eigenvalue weighted by Gasteiger charge is 2.20. The van der Waals surface area contributed by atoms with Crippen molar-refractivity contribution in [2.75, 3.05) is 7.11 Å². The number of furan rings is 1. The van der Waals surface area contributed by atoms with E-state index < -0.39 is 5.97 Å². The summed E-state index contributed by atoms with van der Waals surface area (Å²) in [7, 11) is 1.32. The Hall–Kier alpha value is -2.46. The van der Waals surface area contributed by atoms with Gasteiger partial charge in [-0.1, -0.05) is 29.8 Å². The number of ether oxygens (including phenoxy) is 2. The molecule has 0 aliphatic carbocycles. The number of rotatable bonds is 4. The largest absolute Gasteiger partial charge is 0.488 e. The van der Waals surface area contributed by atoms with Crippen LogP contribution in [-0.4, -0.2) is 13.1 Å². The number of hydrogen-bond acceptors (Lipinski definition) is 4. The minimum Gasteiger partial charge on any atom is -0.488 e. The minimum absolute atomic E-state index is 0.196. The van der Waals surface area contributed by atoms with Gasteiger partial charge in [0, 0.05) is 10.6 Å². The van der Waals surface area contributed by atoms with Crippen LogP contribution in [0.2, 0.25) is 5.02 Å². The quantitative estimate of drug-likeness (QED) is 0.647. The smallest absolute Gasteiger partial charge is 0.374 e. The van der Waals surface area contributed by atoms with Gasteiger partial charge >= 0.3 is 5.97 Å². The van der Waals surface area contributed by atoms with Crippen LogP contribution in [0.4, 0.5) is 0 Å². The zero-order chi connectivity index (χ0) is 16.4. The zero-order valence-electron chi connectivity index (χ0n) is 12.8. The van der Waals surface area contributed by atoms with E-state index in [9.17, 15) is 4.79 Å². The number of methoxy groups -OCH3 is 1. The van der Waals surface area contributed by atoms with Gasteiger partial charge in [0.05, 0.1) is 12.5 Å². The first-order valence-corrected chi connectivity index (χ1v) is 7.45. The van der Waals surface area contributed by atoms with Crippen molar-refractivity contribution in [1.82, 2.24) is 0 Å². The second-order valence-electron chi connectivity index (χ2n) is 5.10. The highest BCUT2D eigenvalue weighted by Crippen LogP contribution is 2.33. The summed E-state index contributed by atoms with van der Waals surface area (Å²) < 4.78 is 16.2. The predicted octanol–water partition coefficient (Wildman–Crippen LogP) is 4.76. The fraction of sp³-hybridized carbons (Fsp3) is 0.167. The second kappa shape index (κ2) is 6.34. The van der Waals surface area contributed by atoms with Crippen molar-refractivity contribution >= 4 is 28.5 Å². The predicted molar refractivity (Wildman–Crippen MR) is 88.1 cm³/mol. The van der Waals surface area contributed by atoms with E-state index in [0.717, 1.165) is 10.9 Å². The molecule has 0 N–H and O–H groups in total. The van der Waals surface area contributed by atoms with Crippen LogP contribution in [0.25, 0.3) is 11.0 Å². The number of aryl methyl sites for hydroxylation is 1. The van der Waals surface area contributed by atoms with Crippen molar-refractivity contribution in [1.29, 1.82) is 0 Å². The molecule has 0 atom stereocenters. The summed E-state index contributed by atoms with van der Waals surface area (Å²) in [4.78, 5) is 11.8. The van der Waals surface area contributed by atoms with Crippen LogP contribution in [-0.2, 0) is 11.3 Å². The van der Waals surface area contributed by atoms with Crippen LogP contribution in [0.15, 0.2) is 46.9 Å². The molecule has 0 aliphatic heterocycles. The summed E-state index contributed by atoms with van der Waals surface area (Å²) in [5.74, 6) is 0.347. The van der Waals surface area contributed by atoms with E-state index in [1.54, 1.807) is 6.07 Å². The van der Waals surface area contributed by atoms with E-state index in [1.165, 1.54) is 7.11 Å². The summed E-state index contributed by atoms with van der Waals surface area (Å²) in [5, 5.41) is 1.44. The van der Waals surface area contributed by atoms with E-state index in [4.69, 9.17) is 25.5 Å². The second-order valence-corrected chi connectivity index (χ2v) is 5.53. The summed E-state index contributed by atoms with van der Waals surface area (Å²) in [6, 6.07) is 12.9. The molecule has 0 saturated carbocycles. The number of esters is 1. The highest BCUT2D eigenvalue weighted by molar-refractivity contribution is 6.30. The maximum atomic E-state index is 11.8. The molecule has 0 unspecified atom stereocenters. The molecule has 0 bridgehead atoms. The molecule has 0 amide bonds. The Morgan fingerprint density at radius 3 is 2.74 bits per heavy atom. The lowest BCUT2D eigenvalue weighted by Gasteiger charge is -2.08. The topological polar surface area (TPSA) is 48.7 Å². The van der Waals surface area contributed by atoms with Gasteiger partial charge in [-0.15, -0.1) is 0 Å². The maximum absolute atomic E-state index is 11.8. The van der Waals surface area contributed by atoms with Gasteiger partial charge in [-0.25, -0.2) is 4.79 Å². The molecule has 0 aliphatic rings. The first kappa shape index (κ1) is 15.4. The van der Waals surface area contributed by atoms with Crippen molar-refractivity contribution in [3.63, 3.8) is 0 Å². The third-order valence-corrected chi connectivity index (χ3v) is 3.80. The van der Waals surface area contributed by atoms with Crippen LogP contribution in [0.5, 0.6) is 5.75 Å². The zero-order valence-corrected chi connectivity index (χ0v) is 13.5. The van der Waals surface area contributed by atoms with Gasteiger partial charge < -0.3 is 13.9 Å². The van der Waals surface area contributed by atoms with E-state index in [0.29, 0.717) is 28.5 Å². The van der Waals surface area contributed by atoms with Crippen molar-refractivity contribution in [2.45, 2.75) is 13.5 Å². The molecule has 5 heteroatoms. The van der Waals surface area contributed by atoms with Crippen LogP contribution in [0, 0.1) is 6.92 Å². The summed E-state index contributed by atoms with van der Waals surface area (Å²) in [5.41, 5.74) is 2.25. The molecule has 1 aromatic heterocycles. The molecular formula is C18H15ClO4. The lowest BCUT2D eigenvalue weighted by Crippen LogP contribution is -2.01. The Kier molecular flexibility index (Phi) is 4.26. The van der Waals surface area contributed by atoms with Gasteiger partial charge in [0.2, 0.25) is 5.76 Å². The molecular weight excluding hydrogens is 316 g/mol. The molecule has 0 fully saturated rings. The minimum atomic E-state index is -0.500. The third-order valence-electron chi connectivity index (χ3n) is 3.57. The normalized spacial score (nSPS) is 10.7. The molecule has 4 nitrogen and oxygen atoms in total. The van der Waals surface area contributed by atoms with Crippen LogP contribution < -0.4 is 4.74 Å². The van der Waals surface area contributed by atoms with Gasteiger partial charge in [-0.05, 0) is 36.8 Å². The number of carbonyl (C=O) groups is 1. The molecule has 1 heterocycles. The molecule has 0 spiro atoms. The first-order valence-electron chi connectivity index (χ1n) is 7.08.